The summed E-state index contributed by atoms with van der Waals surface area (Å²) in [5.74, 6) is -2.31. The number of carbonyl (C=O) groups is 3. The topological polar surface area (TPSA) is 428 Å². The molecule has 8 fully saturated rings. The molecular weight excluding hydrogens is 1140 g/mol. The molecule has 30 atom stereocenters. The number of amides is 1. The zero-order valence-electron chi connectivity index (χ0n) is 50.6. The van der Waals surface area contributed by atoms with Gasteiger partial charge in [0.15, 0.2) is 43.5 Å². The van der Waals surface area contributed by atoms with Crippen molar-refractivity contribution in [2.45, 2.75) is 273 Å². The quantitative estimate of drug-likeness (QED) is 0.0349. The maximum Gasteiger partial charge on any atom is 0.509 e. The third kappa shape index (κ3) is 13.7. The summed E-state index contributed by atoms with van der Waals surface area (Å²) in [6, 6.07) is -1.53. The molecule has 1 amide bonds. The third-order valence-corrected chi connectivity index (χ3v) is 20.4. The molecule has 0 aromatic carbocycles. The summed E-state index contributed by atoms with van der Waals surface area (Å²) in [6.45, 7) is 14.5. The summed E-state index contributed by atoms with van der Waals surface area (Å²) in [5.41, 5.74) is -3.98. The van der Waals surface area contributed by atoms with Gasteiger partial charge in [0.2, 0.25) is 5.91 Å². The highest BCUT2D eigenvalue weighted by Crippen LogP contribution is 2.71. The summed E-state index contributed by atoms with van der Waals surface area (Å²) >= 11 is 0. The summed E-state index contributed by atoms with van der Waals surface area (Å²) in [4.78, 5) is 37.6. The number of hydrogen-bond donors (Lipinski definition) is 14. The highest BCUT2D eigenvalue weighted by atomic mass is 16.8. The van der Waals surface area contributed by atoms with E-state index in [0.717, 1.165) is 19.4 Å². The first-order valence-electron chi connectivity index (χ1n) is 30.0. The fourth-order valence-electron chi connectivity index (χ4n) is 16.0. The molecular formula is C58H95NO27. The molecule has 14 N–H and O–H groups in total. The molecule has 28 heteroatoms. The van der Waals surface area contributed by atoms with Gasteiger partial charge in [0, 0.05) is 26.2 Å². The van der Waals surface area contributed by atoms with Crippen LogP contribution in [0, 0.1) is 34.0 Å². The molecule has 5 aliphatic heterocycles. The maximum absolute atomic E-state index is 13.1. The van der Waals surface area contributed by atoms with Crippen LogP contribution in [0.5, 0.6) is 0 Å². The zero-order chi connectivity index (χ0) is 63.5. The molecule has 8 aliphatic rings. The number of aliphatic hydroxyl groups excluding tert-OH is 11. The van der Waals surface area contributed by atoms with Crippen molar-refractivity contribution in [1.82, 2.24) is 5.32 Å². The molecule has 3 saturated carbocycles. The first-order valence-corrected chi connectivity index (χ1v) is 30.0. The van der Waals surface area contributed by atoms with E-state index in [9.17, 15) is 80.8 Å². The standard InChI is InChI=1S/C58H95NO27/c1-24(18-30-48(58(10,75)23-61)86-53(73)82-30)12-11-15-57(9,74)47-28(64)19-34-55(7)17-14-35(54(5,6)33(55)13-16-56(34,47)8)83-52-46(44(79-27(4)63)40(69)32(81-52)22-77-50-43(72)38(67)29(65)21-76-50)85-51-45(42(71)37(66)25(2)78-51)84-49-36(59-26(3)62)41(70)39(68)31(20-60)80-49/h12,25,28-52,60-61,64-72,74-75H,11,13-23H2,1-10H3,(H,59,62)/b24-12+/t25-,28+,29+,30-,31+,32+,33-,34+,35-,36+,37-,38-,39+,40+,41+,42+,43+,44-,45+,46+,47+,48+,49-,50-,51-,52-,55-,56+,57+,58+/m0/s1. The van der Waals surface area contributed by atoms with Gasteiger partial charge in [-0.2, -0.15) is 0 Å². The summed E-state index contributed by atoms with van der Waals surface area (Å²) in [5, 5.41) is 146. The van der Waals surface area contributed by atoms with Crippen LogP contribution in [0.2, 0.25) is 0 Å². The Morgan fingerprint density at radius 3 is 1.99 bits per heavy atom. The number of nitrogens with one attached hydrogen (secondary N) is 1. The van der Waals surface area contributed by atoms with Crippen LogP contribution in [0.3, 0.4) is 0 Å². The van der Waals surface area contributed by atoms with Crippen LogP contribution in [-0.2, 0) is 61.7 Å². The average Bonchev–Trinajstić information content (AvgIpc) is 1.41. The molecule has 0 aromatic heterocycles. The van der Waals surface area contributed by atoms with Crippen molar-refractivity contribution < 1.29 is 133 Å². The van der Waals surface area contributed by atoms with Crippen molar-refractivity contribution in [2.24, 2.45) is 34.0 Å². The Morgan fingerprint density at radius 2 is 1.34 bits per heavy atom. The molecule has 0 bridgehead atoms. The lowest BCUT2D eigenvalue weighted by molar-refractivity contribution is -0.394. The minimum absolute atomic E-state index is 0.0883. The predicted octanol–water partition coefficient (Wildman–Crippen LogP) is -2.22. The van der Waals surface area contributed by atoms with Gasteiger partial charge < -0.3 is 124 Å². The number of aliphatic hydroxyl groups is 13. The van der Waals surface area contributed by atoms with E-state index in [2.05, 4.69) is 33.0 Å². The van der Waals surface area contributed by atoms with Crippen molar-refractivity contribution in [1.29, 1.82) is 0 Å². The van der Waals surface area contributed by atoms with Gasteiger partial charge in [-0.3, -0.25) is 9.59 Å². The van der Waals surface area contributed by atoms with Gasteiger partial charge in [-0.05, 0) is 101 Å². The number of ether oxygens (including phenoxy) is 11. The van der Waals surface area contributed by atoms with Crippen LogP contribution < -0.4 is 5.32 Å². The van der Waals surface area contributed by atoms with Crippen LogP contribution >= 0.6 is 0 Å². The third-order valence-electron chi connectivity index (χ3n) is 20.4. The van der Waals surface area contributed by atoms with E-state index in [4.69, 9.17) is 52.1 Å². The number of fused-ring (bicyclic) bond motifs is 3. The van der Waals surface area contributed by atoms with E-state index in [1.54, 1.807) is 6.92 Å². The molecule has 0 aromatic rings. The number of carbonyl (C=O) groups excluding carboxylic acids is 3. The smallest absolute Gasteiger partial charge is 0.457 e. The van der Waals surface area contributed by atoms with Crippen molar-refractivity contribution in [2.75, 3.05) is 26.4 Å². The molecule has 28 nitrogen and oxygen atoms in total. The minimum atomic E-state index is -1.89. The summed E-state index contributed by atoms with van der Waals surface area (Å²) in [6.07, 6.45) is -28.8. The van der Waals surface area contributed by atoms with E-state index < -0.39 is 219 Å². The molecule has 5 saturated heterocycles. The number of rotatable bonds is 20. The maximum atomic E-state index is 13.1. The van der Waals surface area contributed by atoms with Crippen molar-refractivity contribution in [3.8, 4) is 0 Å². The summed E-state index contributed by atoms with van der Waals surface area (Å²) in [7, 11) is 0. The molecule has 494 valence electrons. The van der Waals surface area contributed by atoms with Crippen LogP contribution in [0.1, 0.15) is 121 Å². The van der Waals surface area contributed by atoms with Gasteiger partial charge in [0.25, 0.3) is 0 Å². The summed E-state index contributed by atoms with van der Waals surface area (Å²) < 4.78 is 66.2. The van der Waals surface area contributed by atoms with E-state index in [-0.39, 0.29) is 24.7 Å². The highest BCUT2D eigenvalue weighted by molar-refractivity contribution is 5.73. The van der Waals surface area contributed by atoms with E-state index >= 15 is 0 Å². The van der Waals surface area contributed by atoms with Gasteiger partial charge in [-0.1, -0.05) is 39.3 Å². The lowest BCUT2D eigenvalue weighted by Crippen LogP contribution is -2.69. The SMILES string of the molecule is CC(=O)N[C@H]1[C@H](O[C@H]2[C@H](O[C@H]3[C@H](O[C@H]4CC[C@]5(C)[C@H]6C[C@@H](O)[C@@H]([C@](C)(O)CC/C=C(\C)C[C@@H]7OC(=O)O[C@H]7[C@](C)(O)CO)[C@]6(C)CC[C@H]5C4(C)C)O[C@H](CO[C@@H]4OC[C@@H](O)[C@H](O)[C@H]4O)[C@@H](O)[C@@H]3OC(C)=O)O[C@@H](C)[C@H](O)[C@H]2O)O[C@H](CO)[C@@H](O)[C@@H]1O. The monoisotopic (exact) mass is 1240 g/mol. The predicted molar refractivity (Wildman–Crippen MR) is 291 cm³/mol. The fraction of sp³-hybridized carbons (Fsp3) is 0.914. The van der Waals surface area contributed by atoms with Gasteiger partial charge in [0.1, 0.15) is 84.9 Å². The molecule has 3 aliphatic carbocycles. The molecule has 8 rings (SSSR count). The van der Waals surface area contributed by atoms with E-state index in [1.165, 1.54) is 13.8 Å². The molecule has 0 spiro atoms. The minimum Gasteiger partial charge on any atom is -0.457 e. The Balaban J connectivity index is 1.05. The zero-order valence-corrected chi connectivity index (χ0v) is 50.6. The fourth-order valence-corrected chi connectivity index (χ4v) is 16.0. The highest BCUT2D eigenvalue weighted by Gasteiger charge is 2.69. The van der Waals surface area contributed by atoms with Crippen LogP contribution in [0.25, 0.3) is 0 Å². The Kier molecular flexibility index (Phi) is 21.5. The largest absolute Gasteiger partial charge is 0.509 e. The van der Waals surface area contributed by atoms with Gasteiger partial charge in [0.05, 0.1) is 50.3 Å². The lowest BCUT2D eigenvalue weighted by Gasteiger charge is -2.64. The van der Waals surface area contributed by atoms with Gasteiger partial charge >= 0.3 is 12.1 Å². The average molecular weight is 1240 g/mol. The van der Waals surface area contributed by atoms with E-state index in [0.29, 0.717) is 38.5 Å². The Labute approximate surface area is 499 Å². The van der Waals surface area contributed by atoms with Gasteiger partial charge in [-0.25, -0.2) is 4.79 Å². The lowest BCUT2D eigenvalue weighted by atomic mass is 9.42. The molecule has 0 unspecified atom stereocenters. The Bertz CT molecular complexity index is 2360. The Morgan fingerprint density at radius 1 is 0.686 bits per heavy atom. The molecule has 86 heavy (non-hydrogen) atoms. The van der Waals surface area contributed by atoms with Crippen LogP contribution in [-0.4, -0.2) is 263 Å². The van der Waals surface area contributed by atoms with Crippen LogP contribution in [0.15, 0.2) is 11.6 Å². The second-order valence-corrected chi connectivity index (χ2v) is 27.0. The first-order chi connectivity index (χ1) is 40.1. The van der Waals surface area contributed by atoms with Crippen molar-refractivity contribution >= 4 is 18.0 Å². The van der Waals surface area contributed by atoms with Gasteiger partial charge in [-0.15, -0.1) is 0 Å². The van der Waals surface area contributed by atoms with Crippen molar-refractivity contribution in [3.63, 3.8) is 0 Å². The number of cyclic esters (lactones) is 2. The first kappa shape index (κ1) is 69.0. The van der Waals surface area contributed by atoms with E-state index in [1.807, 2.05) is 13.0 Å². The molecule has 0 radical (unpaired) electrons. The number of allylic oxidation sites excluding steroid dienone is 1. The second kappa shape index (κ2) is 26.7. The normalized spacial score (nSPS) is 47.5. The number of esters is 1. The number of hydrogen-bond acceptors (Lipinski definition) is 27. The van der Waals surface area contributed by atoms with Crippen LogP contribution in [0.4, 0.5) is 4.79 Å². The Hall–Kier alpha value is -2.89. The second-order valence-electron chi connectivity index (χ2n) is 27.0. The molecule has 5 heterocycles. The van der Waals surface area contributed by atoms with Crippen molar-refractivity contribution in [3.05, 3.63) is 11.6 Å².